The van der Waals surface area contributed by atoms with E-state index in [-0.39, 0.29) is 17.8 Å². The Hall–Kier alpha value is -6.00. The van der Waals surface area contributed by atoms with Gasteiger partial charge in [-0.1, -0.05) is 0 Å². The molecular weight excluding hydrogens is 801 g/mol. The van der Waals surface area contributed by atoms with Crippen molar-refractivity contribution in [1.29, 1.82) is 0 Å². The van der Waals surface area contributed by atoms with Crippen LogP contribution in [0.2, 0.25) is 0 Å². The standard InChI is InChI=1S/C23H24N4O3S.C21H20N4O3S/c1-3-29-18-8-15-11-24-10-14(15)7-17(18)27-21-20-16-6-5-13(23(28)30-4-2)9-19(16)31-22(20)26-12-25-21;1-2-28-16-6-13-9-22-8-12(13)5-15(16)25-19-18-14-4-3-11(21(26)27)7-17(14)29-20(18)24-10-23-19/h7-8,10,12-13H,3-6,9,11H2,1-2H3,(H,25,26,27);5-6,8,10-11H,2-4,7,9H2,1H3,(H,26,27)(H,23,24,25)/t13-;11-/m00/s1. The Kier molecular flexibility index (Phi) is 11.1. The molecule has 0 unspecified atom stereocenters. The molecule has 2 aliphatic carbocycles. The van der Waals surface area contributed by atoms with Gasteiger partial charge >= 0.3 is 11.9 Å². The van der Waals surface area contributed by atoms with Crippen LogP contribution in [0.5, 0.6) is 11.5 Å². The summed E-state index contributed by atoms with van der Waals surface area (Å²) in [5, 5.41) is 18.4. The smallest absolute Gasteiger partial charge is 0.309 e. The van der Waals surface area contributed by atoms with Gasteiger partial charge in [0, 0.05) is 22.2 Å². The quantitative estimate of drug-likeness (QED) is 0.106. The number of thiophene rings is 2. The largest absolute Gasteiger partial charge is 0.492 e. The number of esters is 1. The lowest BCUT2D eigenvalue weighted by Gasteiger charge is -2.21. The Morgan fingerprint density at radius 2 is 1.20 bits per heavy atom. The van der Waals surface area contributed by atoms with Gasteiger partial charge in [0.05, 0.1) is 66.9 Å². The van der Waals surface area contributed by atoms with Crippen molar-refractivity contribution in [3.63, 3.8) is 0 Å². The summed E-state index contributed by atoms with van der Waals surface area (Å²) in [6.07, 6.45) is 11.1. The highest BCUT2D eigenvalue weighted by Gasteiger charge is 2.31. The molecule has 60 heavy (non-hydrogen) atoms. The first-order valence-electron chi connectivity index (χ1n) is 20.3. The normalized spacial score (nSPS) is 17.0. The molecule has 4 aromatic heterocycles. The molecule has 6 heterocycles. The van der Waals surface area contributed by atoms with E-state index in [9.17, 15) is 14.7 Å². The van der Waals surface area contributed by atoms with Gasteiger partial charge in [-0.3, -0.25) is 19.6 Å². The van der Waals surface area contributed by atoms with Crippen molar-refractivity contribution in [2.45, 2.75) is 72.4 Å². The van der Waals surface area contributed by atoms with Gasteiger partial charge in [0.15, 0.2) is 0 Å². The summed E-state index contributed by atoms with van der Waals surface area (Å²) in [5.41, 5.74) is 8.63. The SMILES string of the molecule is CCOC(=O)[C@H]1CCc2c(sc3ncnc(Nc4cc5c(cc4OCC)CN=C5)c23)C1.CCOc1cc2c(cc1Nc1ncnc3sc4c(c13)CC[C@H](C(=O)O)C4)C=NC2. The average molecular weight is 845 g/mol. The number of aryl methyl sites for hydroxylation is 2. The van der Waals surface area contributed by atoms with Gasteiger partial charge in [-0.05, 0) is 117 Å². The summed E-state index contributed by atoms with van der Waals surface area (Å²) in [4.78, 5) is 54.5. The van der Waals surface area contributed by atoms with Crippen LogP contribution in [0.4, 0.5) is 23.0 Å². The molecule has 14 nitrogen and oxygen atoms in total. The summed E-state index contributed by atoms with van der Waals surface area (Å²) in [6.45, 7) is 8.72. The van der Waals surface area contributed by atoms with E-state index >= 15 is 0 Å². The second-order valence-corrected chi connectivity index (χ2v) is 17.1. The lowest BCUT2D eigenvalue weighted by Crippen LogP contribution is -2.23. The number of fused-ring (bicyclic) bond motifs is 8. The molecule has 0 saturated heterocycles. The Morgan fingerprint density at radius 1 is 0.700 bits per heavy atom. The third-order valence-electron chi connectivity index (χ3n) is 11.2. The first-order chi connectivity index (χ1) is 29.3. The predicted molar refractivity (Wildman–Crippen MR) is 235 cm³/mol. The molecule has 3 N–H and O–H groups in total. The van der Waals surface area contributed by atoms with E-state index < -0.39 is 5.97 Å². The lowest BCUT2D eigenvalue weighted by atomic mass is 9.88. The van der Waals surface area contributed by atoms with Gasteiger partial charge in [-0.2, -0.15) is 0 Å². The molecule has 4 aliphatic rings. The molecule has 0 saturated carbocycles. The van der Waals surface area contributed by atoms with Crippen LogP contribution in [0.3, 0.4) is 0 Å². The number of carbonyl (C=O) groups is 2. The van der Waals surface area contributed by atoms with Crippen molar-refractivity contribution in [3.8, 4) is 11.5 Å². The summed E-state index contributed by atoms with van der Waals surface area (Å²) in [6, 6.07) is 8.21. The van der Waals surface area contributed by atoms with Crippen LogP contribution < -0.4 is 20.1 Å². The second kappa shape index (κ2) is 16.9. The van der Waals surface area contributed by atoms with E-state index in [1.165, 1.54) is 21.6 Å². The number of benzene rings is 2. The topological polar surface area (TPSA) is 182 Å². The highest BCUT2D eigenvalue weighted by molar-refractivity contribution is 7.19. The zero-order chi connectivity index (χ0) is 41.3. The number of anilines is 4. The number of carboxylic acids is 1. The van der Waals surface area contributed by atoms with E-state index in [2.05, 4.69) is 52.7 Å². The molecule has 0 fully saturated rings. The summed E-state index contributed by atoms with van der Waals surface area (Å²) in [7, 11) is 0. The van der Waals surface area contributed by atoms with Crippen LogP contribution in [0, 0.1) is 11.8 Å². The molecule has 2 aliphatic heterocycles. The minimum Gasteiger partial charge on any atom is -0.492 e. The van der Waals surface area contributed by atoms with Crippen molar-refractivity contribution in [3.05, 3.63) is 80.1 Å². The summed E-state index contributed by atoms with van der Waals surface area (Å²) < 4.78 is 17.0. The monoisotopic (exact) mass is 844 g/mol. The fourth-order valence-electron chi connectivity index (χ4n) is 8.36. The Balaban J connectivity index is 0.000000154. The maximum atomic E-state index is 12.2. The summed E-state index contributed by atoms with van der Waals surface area (Å²) in [5.74, 6) is 1.86. The Bertz CT molecular complexity index is 2710. The van der Waals surface area contributed by atoms with Crippen molar-refractivity contribution in [2.75, 3.05) is 30.5 Å². The van der Waals surface area contributed by atoms with E-state index in [1.54, 1.807) is 35.3 Å². The molecule has 10 rings (SSSR count). The molecule has 0 amide bonds. The minimum atomic E-state index is -0.723. The number of nitrogens with zero attached hydrogens (tertiary/aromatic N) is 6. The third kappa shape index (κ3) is 7.65. The van der Waals surface area contributed by atoms with Gasteiger partial charge in [0.1, 0.15) is 45.5 Å². The van der Waals surface area contributed by atoms with Gasteiger partial charge in [-0.25, -0.2) is 19.9 Å². The molecule has 16 heteroatoms. The number of aromatic nitrogens is 4. The highest BCUT2D eigenvalue weighted by Crippen LogP contribution is 2.44. The molecule has 2 aromatic carbocycles. The van der Waals surface area contributed by atoms with E-state index in [4.69, 9.17) is 14.2 Å². The number of rotatable bonds is 11. The number of aliphatic imine (C=N–C) groups is 2. The second-order valence-electron chi connectivity index (χ2n) is 14.9. The van der Waals surface area contributed by atoms with Gasteiger partial charge in [0.2, 0.25) is 0 Å². The highest BCUT2D eigenvalue weighted by atomic mass is 32.1. The van der Waals surface area contributed by atoms with Crippen LogP contribution in [-0.2, 0) is 53.1 Å². The minimum absolute atomic E-state index is 0.0783. The number of hydrogen-bond acceptors (Lipinski definition) is 15. The van der Waals surface area contributed by atoms with Crippen molar-refractivity contribution in [1.82, 2.24) is 19.9 Å². The maximum Gasteiger partial charge on any atom is 0.309 e. The van der Waals surface area contributed by atoms with Crippen molar-refractivity contribution >= 4 is 90.5 Å². The average Bonchev–Trinajstić information content (AvgIpc) is 4.06. The molecule has 0 radical (unpaired) electrons. The number of ether oxygens (including phenoxy) is 3. The van der Waals surface area contributed by atoms with Crippen LogP contribution in [-0.4, -0.2) is 69.2 Å². The molecule has 2 atom stereocenters. The third-order valence-corrected chi connectivity index (χ3v) is 13.6. The molecular formula is C44H44N8O6S2. The van der Waals surface area contributed by atoms with Crippen LogP contribution in [0.25, 0.3) is 20.4 Å². The zero-order valence-electron chi connectivity index (χ0n) is 33.5. The van der Waals surface area contributed by atoms with E-state index in [1.807, 2.05) is 45.3 Å². The Morgan fingerprint density at radius 3 is 1.68 bits per heavy atom. The first-order valence-corrected chi connectivity index (χ1v) is 22.0. The number of hydrogen-bond donors (Lipinski definition) is 3. The van der Waals surface area contributed by atoms with Gasteiger partial charge in [0.25, 0.3) is 0 Å². The summed E-state index contributed by atoms with van der Waals surface area (Å²) >= 11 is 3.22. The fourth-order valence-corrected chi connectivity index (χ4v) is 10.9. The first kappa shape index (κ1) is 39.5. The van der Waals surface area contributed by atoms with Crippen LogP contribution >= 0.6 is 22.7 Å². The lowest BCUT2D eigenvalue weighted by molar-refractivity contribution is -0.148. The zero-order valence-corrected chi connectivity index (χ0v) is 35.2. The predicted octanol–water partition coefficient (Wildman–Crippen LogP) is 8.39. The van der Waals surface area contributed by atoms with Gasteiger partial charge in [-0.15, -0.1) is 22.7 Å². The van der Waals surface area contributed by atoms with Gasteiger partial charge < -0.3 is 30.0 Å². The molecule has 6 aromatic rings. The number of carboxylic acid groups (broad SMARTS) is 1. The maximum absolute atomic E-state index is 12.2. The number of nitrogens with one attached hydrogen (secondary N) is 2. The van der Waals surface area contributed by atoms with Crippen LogP contribution in [0.15, 0.2) is 46.9 Å². The molecule has 0 bridgehead atoms. The Labute approximate surface area is 354 Å². The number of carbonyl (C=O) groups excluding carboxylic acids is 1. The molecule has 308 valence electrons. The van der Waals surface area contributed by atoms with Crippen molar-refractivity contribution < 1.29 is 28.9 Å². The fraction of sp³-hybridized carbons (Fsp3) is 0.364. The van der Waals surface area contributed by atoms with Crippen molar-refractivity contribution in [2.24, 2.45) is 21.8 Å². The van der Waals surface area contributed by atoms with Crippen LogP contribution in [0.1, 0.15) is 76.7 Å². The van der Waals surface area contributed by atoms with E-state index in [0.717, 1.165) is 95.8 Å². The van der Waals surface area contributed by atoms with E-state index in [0.29, 0.717) is 52.2 Å². The molecule has 0 spiro atoms. The number of aliphatic carboxylic acids is 1.